The summed E-state index contributed by atoms with van der Waals surface area (Å²) in [6.07, 6.45) is 0.839. The van der Waals surface area contributed by atoms with E-state index in [1.807, 2.05) is 31.2 Å². The lowest BCUT2D eigenvalue weighted by Gasteiger charge is -2.08. The molecule has 0 aromatic heterocycles. The molecule has 2 nitrogen and oxygen atoms in total. The van der Waals surface area contributed by atoms with Crippen molar-refractivity contribution < 1.29 is 4.74 Å². The van der Waals surface area contributed by atoms with Crippen molar-refractivity contribution in [2.75, 3.05) is 12.8 Å². The molecule has 0 bridgehead atoms. The van der Waals surface area contributed by atoms with Crippen LogP contribution >= 0.6 is 11.6 Å². The van der Waals surface area contributed by atoms with Crippen LogP contribution in [-0.2, 0) is 6.42 Å². The summed E-state index contributed by atoms with van der Waals surface area (Å²) in [5.41, 5.74) is 9.94. The van der Waals surface area contributed by atoms with E-state index in [1.54, 1.807) is 7.11 Å². The van der Waals surface area contributed by atoms with Crippen LogP contribution in [0, 0.1) is 6.92 Å². The highest BCUT2D eigenvalue weighted by atomic mass is 35.5. The zero-order chi connectivity index (χ0) is 13.1. The molecule has 0 saturated heterocycles. The Morgan fingerprint density at radius 2 is 1.78 bits per heavy atom. The first-order valence-corrected chi connectivity index (χ1v) is 6.15. The van der Waals surface area contributed by atoms with Gasteiger partial charge in [-0.3, -0.25) is 0 Å². The molecule has 0 radical (unpaired) electrons. The predicted octanol–water partition coefficient (Wildman–Crippen LogP) is 3.83. The number of halogens is 1. The molecule has 0 fully saturated rings. The SMILES string of the molecule is COc1ccc(Cc2ccc(Cl)c(N)c2)cc1C. The van der Waals surface area contributed by atoms with Gasteiger partial charge in [-0.15, -0.1) is 0 Å². The van der Waals surface area contributed by atoms with Crippen molar-refractivity contribution in [3.8, 4) is 5.75 Å². The maximum absolute atomic E-state index is 5.91. The summed E-state index contributed by atoms with van der Waals surface area (Å²) in [5, 5.41) is 0.602. The maximum atomic E-state index is 5.91. The summed E-state index contributed by atoms with van der Waals surface area (Å²) in [7, 11) is 1.68. The van der Waals surface area contributed by atoms with Crippen molar-refractivity contribution in [2.45, 2.75) is 13.3 Å². The minimum Gasteiger partial charge on any atom is -0.496 e. The van der Waals surface area contributed by atoms with E-state index in [9.17, 15) is 0 Å². The minimum absolute atomic E-state index is 0.602. The summed E-state index contributed by atoms with van der Waals surface area (Å²) in [5.74, 6) is 0.911. The summed E-state index contributed by atoms with van der Waals surface area (Å²) < 4.78 is 5.25. The normalized spacial score (nSPS) is 10.4. The van der Waals surface area contributed by atoms with Gasteiger partial charge >= 0.3 is 0 Å². The number of hydrogen-bond acceptors (Lipinski definition) is 2. The molecule has 18 heavy (non-hydrogen) atoms. The second-order valence-electron chi connectivity index (χ2n) is 4.34. The number of rotatable bonds is 3. The molecule has 94 valence electrons. The van der Waals surface area contributed by atoms with E-state index in [0.29, 0.717) is 10.7 Å². The summed E-state index contributed by atoms with van der Waals surface area (Å²) in [6.45, 7) is 2.04. The van der Waals surface area contributed by atoms with Gasteiger partial charge in [-0.05, 0) is 48.2 Å². The van der Waals surface area contributed by atoms with Gasteiger partial charge in [-0.25, -0.2) is 0 Å². The third-order valence-electron chi connectivity index (χ3n) is 2.93. The Kier molecular flexibility index (Phi) is 3.78. The van der Waals surface area contributed by atoms with Crippen molar-refractivity contribution >= 4 is 17.3 Å². The largest absolute Gasteiger partial charge is 0.496 e. The third-order valence-corrected chi connectivity index (χ3v) is 3.27. The first-order valence-electron chi connectivity index (χ1n) is 5.77. The van der Waals surface area contributed by atoms with E-state index in [2.05, 4.69) is 12.1 Å². The molecule has 0 aliphatic rings. The topological polar surface area (TPSA) is 35.2 Å². The van der Waals surface area contributed by atoms with E-state index in [-0.39, 0.29) is 0 Å². The zero-order valence-electron chi connectivity index (χ0n) is 10.5. The van der Waals surface area contributed by atoms with Crippen LogP contribution in [-0.4, -0.2) is 7.11 Å². The molecule has 3 heteroatoms. The molecule has 2 aromatic rings. The van der Waals surface area contributed by atoms with Crippen LogP contribution in [0.1, 0.15) is 16.7 Å². The number of aryl methyl sites for hydroxylation is 1. The molecule has 0 heterocycles. The Labute approximate surface area is 112 Å². The standard InChI is InChI=1S/C15H16ClNO/c1-10-7-11(4-6-15(10)18-2)8-12-3-5-13(16)14(17)9-12/h3-7,9H,8,17H2,1-2H3. The number of nitrogens with two attached hydrogens (primary N) is 1. The minimum atomic E-state index is 0.602. The van der Waals surface area contributed by atoms with Crippen LogP contribution in [0.25, 0.3) is 0 Å². The molecule has 0 atom stereocenters. The van der Waals surface area contributed by atoms with Crippen molar-refractivity contribution in [3.63, 3.8) is 0 Å². The molecule has 0 aliphatic carbocycles. The van der Waals surface area contributed by atoms with Crippen LogP contribution in [0.3, 0.4) is 0 Å². The second kappa shape index (κ2) is 5.32. The Hall–Kier alpha value is -1.67. The second-order valence-corrected chi connectivity index (χ2v) is 4.74. The van der Waals surface area contributed by atoms with Gasteiger partial charge in [0.15, 0.2) is 0 Å². The zero-order valence-corrected chi connectivity index (χ0v) is 11.3. The average molecular weight is 262 g/mol. The summed E-state index contributed by atoms with van der Waals surface area (Å²) in [4.78, 5) is 0. The summed E-state index contributed by atoms with van der Waals surface area (Å²) >= 11 is 5.91. The fraction of sp³-hybridized carbons (Fsp3) is 0.200. The first-order chi connectivity index (χ1) is 8.60. The van der Waals surface area contributed by atoms with Crippen molar-refractivity contribution in [1.29, 1.82) is 0 Å². The van der Waals surface area contributed by atoms with Crippen LogP contribution in [0.15, 0.2) is 36.4 Å². The van der Waals surface area contributed by atoms with Gasteiger partial charge in [-0.1, -0.05) is 29.8 Å². The number of nitrogen functional groups attached to an aromatic ring is 1. The average Bonchev–Trinajstić information content (AvgIpc) is 2.34. The molecule has 0 unspecified atom stereocenters. The lowest BCUT2D eigenvalue weighted by Crippen LogP contribution is -1.94. The third kappa shape index (κ3) is 2.77. The van der Waals surface area contributed by atoms with E-state index in [1.165, 1.54) is 5.56 Å². The van der Waals surface area contributed by atoms with Gasteiger partial charge in [0.05, 0.1) is 17.8 Å². The molecule has 2 aromatic carbocycles. The van der Waals surface area contributed by atoms with E-state index in [4.69, 9.17) is 22.1 Å². The number of ether oxygens (including phenoxy) is 1. The molecule has 0 spiro atoms. The van der Waals surface area contributed by atoms with Crippen LogP contribution in [0.2, 0.25) is 5.02 Å². The highest BCUT2D eigenvalue weighted by Gasteiger charge is 2.03. The fourth-order valence-corrected chi connectivity index (χ4v) is 2.11. The lowest BCUT2D eigenvalue weighted by atomic mass is 10.0. The van der Waals surface area contributed by atoms with Gasteiger partial charge in [-0.2, -0.15) is 0 Å². The van der Waals surface area contributed by atoms with Gasteiger partial charge in [0.1, 0.15) is 5.75 Å². The van der Waals surface area contributed by atoms with Gasteiger partial charge < -0.3 is 10.5 Å². The van der Waals surface area contributed by atoms with Crippen molar-refractivity contribution in [3.05, 3.63) is 58.1 Å². The fourth-order valence-electron chi connectivity index (χ4n) is 1.99. The molecule has 2 N–H and O–H groups in total. The maximum Gasteiger partial charge on any atom is 0.121 e. The van der Waals surface area contributed by atoms with Gasteiger partial charge in [0.25, 0.3) is 0 Å². The Morgan fingerprint density at radius 3 is 2.39 bits per heavy atom. The predicted molar refractivity (Wildman–Crippen MR) is 76.4 cm³/mol. The van der Waals surface area contributed by atoms with E-state index >= 15 is 0 Å². The smallest absolute Gasteiger partial charge is 0.121 e. The van der Waals surface area contributed by atoms with Crippen molar-refractivity contribution in [1.82, 2.24) is 0 Å². The molecule has 0 amide bonds. The number of methoxy groups -OCH3 is 1. The number of hydrogen-bond donors (Lipinski definition) is 1. The van der Waals surface area contributed by atoms with Gasteiger partial charge in [0, 0.05) is 0 Å². The van der Waals surface area contributed by atoms with Crippen LogP contribution in [0.4, 0.5) is 5.69 Å². The first kappa shape index (κ1) is 12.8. The lowest BCUT2D eigenvalue weighted by molar-refractivity contribution is 0.411. The molecular formula is C15H16ClNO. The monoisotopic (exact) mass is 261 g/mol. The quantitative estimate of drug-likeness (QED) is 0.853. The van der Waals surface area contributed by atoms with E-state index < -0.39 is 0 Å². The van der Waals surface area contributed by atoms with Crippen molar-refractivity contribution in [2.24, 2.45) is 0 Å². The van der Waals surface area contributed by atoms with Crippen LogP contribution < -0.4 is 10.5 Å². The number of benzene rings is 2. The Bertz CT molecular complexity index is 566. The molecule has 0 aliphatic heterocycles. The van der Waals surface area contributed by atoms with Crippen LogP contribution in [0.5, 0.6) is 5.75 Å². The Balaban J connectivity index is 2.23. The molecule has 2 rings (SSSR count). The number of anilines is 1. The van der Waals surface area contributed by atoms with Gasteiger partial charge in [0.2, 0.25) is 0 Å². The Morgan fingerprint density at radius 1 is 1.11 bits per heavy atom. The molecular weight excluding hydrogens is 246 g/mol. The molecule has 0 saturated carbocycles. The summed E-state index contributed by atoms with van der Waals surface area (Å²) in [6, 6.07) is 11.9. The van der Waals surface area contributed by atoms with E-state index in [0.717, 1.165) is 23.3 Å². The highest BCUT2D eigenvalue weighted by molar-refractivity contribution is 6.33. The highest BCUT2D eigenvalue weighted by Crippen LogP contribution is 2.23.